The molecule has 2 atom stereocenters. The first-order valence-electron chi connectivity index (χ1n) is 15.6. The second-order valence-electron chi connectivity index (χ2n) is 11.5. The van der Waals surface area contributed by atoms with Crippen molar-refractivity contribution in [2.24, 2.45) is 5.92 Å². The number of carbonyl (C=O) groups excluding carboxylic acids is 1. The number of rotatable bonds is 13. The fraction of sp³-hybridized carbons (Fsp3) is 0.400. The van der Waals surface area contributed by atoms with Crippen molar-refractivity contribution < 1.29 is 36.2 Å². The summed E-state index contributed by atoms with van der Waals surface area (Å²) in [5.74, 6) is -3.26. The summed E-state index contributed by atoms with van der Waals surface area (Å²) in [6, 6.07) is 12.2. The van der Waals surface area contributed by atoms with E-state index < -0.39 is 58.7 Å². The maximum absolute atomic E-state index is 15.7. The molecular formula is C35H38F5N3O5. The molecule has 0 amide bonds. The monoisotopic (exact) mass is 675 g/mol. The Balaban J connectivity index is 1.89. The minimum absolute atomic E-state index is 0.118. The predicted molar refractivity (Wildman–Crippen MR) is 171 cm³/mol. The molecule has 48 heavy (non-hydrogen) atoms. The number of nitrogens with one attached hydrogen (secondary N) is 1. The third-order valence-corrected chi connectivity index (χ3v) is 8.19. The highest BCUT2D eigenvalue weighted by Gasteiger charge is 2.40. The van der Waals surface area contributed by atoms with E-state index in [1.807, 2.05) is 0 Å². The summed E-state index contributed by atoms with van der Waals surface area (Å²) in [7, 11) is 1.23. The summed E-state index contributed by atoms with van der Waals surface area (Å²) in [5, 5.41) is 3.24. The van der Waals surface area contributed by atoms with Crippen LogP contribution < -0.4 is 21.3 Å². The molecule has 1 aliphatic rings. The van der Waals surface area contributed by atoms with E-state index in [0.717, 1.165) is 15.2 Å². The average Bonchev–Trinajstić information content (AvgIpc) is 3.03. The standard InChI is InChI=1S/C35H38F5N3O5/c1-5-48-30(44)15-10-16-41-28(23-11-7-6-8-12-23)20-43-33(45)31(24-13-9-14-29(47-4)32(24)37)22(3)42(34(43)46)19-25-26(35(38,39)40)17-21(2)18-27(25)36/h6-9,11-14,17,21,28,41H,5,10,15-16,18-20H2,1-4H3/t21?,28-/m0/s1. The Morgan fingerprint density at radius 3 is 2.42 bits per heavy atom. The Morgan fingerprint density at radius 2 is 1.77 bits per heavy atom. The molecule has 13 heteroatoms. The SMILES string of the molecule is CCOC(=O)CCCN[C@@H](Cn1c(=O)c(-c2cccc(OC)c2F)c(C)n(CC2=C(F)CC(C)C=C2C(F)(F)F)c1=O)c1ccccc1. The van der Waals surface area contributed by atoms with Crippen LogP contribution in [0.25, 0.3) is 11.1 Å². The van der Waals surface area contributed by atoms with E-state index in [4.69, 9.17) is 9.47 Å². The molecule has 0 saturated carbocycles. The first-order valence-corrected chi connectivity index (χ1v) is 15.6. The number of allylic oxidation sites excluding steroid dienone is 4. The highest BCUT2D eigenvalue weighted by Crippen LogP contribution is 2.40. The third kappa shape index (κ3) is 8.12. The van der Waals surface area contributed by atoms with Gasteiger partial charge in [-0.3, -0.25) is 18.7 Å². The molecule has 8 nitrogen and oxygen atoms in total. The minimum atomic E-state index is -4.92. The van der Waals surface area contributed by atoms with Crippen LogP contribution in [-0.2, 0) is 22.6 Å². The molecule has 1 N–H and O–H groups in total. The Hall–Kier alpha value is -4.52. The second kappa shape index (κ2) is 15.6. The highest BCUT2D eigenvalue weighted by molar-refractivity contribution is 5.69. The van der Waals surface area contributed by atoms with Gasteiger partial charge in [0.25, 0.3) is 5.56 Å². The molecule has 0 radical (unpaired) electrons. The maximum Gasteiger partial charge on any atom is 0.416 e. The number of esters is 1. The van der Waals surface area contributed by atoms with E-state index in [1.54, 1.807) is 37.3 Å². The van der Waals surface area contributed by atoms with Gasteiger partial charge in [0.15, 0.2) is 11.6 Å². The number of methoxy groups -OCH3 is 1. The molecule has 0 aliphatic heterocycles. The van der Waals surface area contributed by atoms with Gasteiger partial charge in [-0.25, -0.2) is 13.6 Å². The van der Waals surface area contributed by atoms with Crippen LogP contribution in [0.2, 0.25) is 0 Å². The van der Waals surface area contributed by atoms with E-state index in [2.05, 4.69) is 5.32 Å². The summed E-state index contributed by atoms with van der Waals surface area (Å²) in [6.45, 7) is 3.80. The van der Waals surface area contributed by atoms with Crippen molar-refractivity contribution in [3.8, 4) is 16.9 Å². The van der Waals surface area contributed by atoms with Crippen LogP contribution in [0.5, 0.6) is 5.75 Å². The molecule has 0 bridgehead atoms. The molecule has 1 aliphatic carbocycles. The quantitative estimate of drug-likeness (QED) is 0.125. The van der Waals surface area contributed by atoms with Crippen molar-refractivity contribution >= 4 is 5.97 Å². The topological polar surface area (TPSA) is 91.6 Å². The van der Waals surface area contributed by atoms with Gasteiger partial charge in [0.1, 0.15) is 5.83 Å². The first kappa shape index (κ1) is 36.3. The Labute approximate surface area is 274 Å². The van der Waals surface area contributed by atoms with Gasteiger partial charge in [-0.15, -0.1) is 0 Å². The van der Waals surface area contributed by atoms with Gasteiger partial charge in [0, 0.05) is 29.7 Å². The largest absolute Gasteiger partial charge is 0.494 e. The fourth-order valence-corrected chi connectivity index (χ4v) is 5.81. The summed E-state index contributed by atoms with van der Waals surface area (Å²) < 4.78 is 85.2. The zero-order chi connectivity index (χ0) is 35.2. The van der Waals surface area contributed by atoms with Gasteiger partial charge in [-0.05, 0) is 44.4 Å². The van der Waals surface area contributed by atoms with Crippen LogP contribution in [0, 0.1) is 18.7 Å². The van der Waals surface area contributed by atoms with Gasteiger partial charge in [0.05, 0.1) is 44.0 Å². The number of benzene rings is 2. The molecular weight excluding hydrogens is 637 g/mol. The number of hydrogen-bond donors (Lipinski definition) is 1. The molecule has 0 fully saturated rings. The van der Waals surface area contributed by atoms with Crippen LogP contribution in [0.3, 0.4) is 0 Å². The number of halogens is 5. The molecule has 258 valence electrons. The van der Waals surface area contributed by atoms with Crippen molar-refractivity contribution in [1.82, 2.24) is 14.5 Å². The van der Waals surface area contributed by atoms with Gasteiger partial charge in [-0.2, -0.15) is 13.2 Å². The van der Waals surface area contributed by atoms with Crippen molar-refractivity contribution in [3.05, 3.63) is 109 Å². The van der Waals surface area contributed by atoms with Crippen molar-refractivity contribution in [3.63, 3.8) is 0 Å². The van der Waals surface area contributed by atoms with Crippen LogP contribution in [0.1, 0.15) is 50.4 Å². The molecule has 1 aromatic heterocycles. The summed E-state index contributed by atoms with van der Waals surface area (Å²) in [6.07, 6.45) is -3.81. The predicted octanol–water partition coefficient (Wildman–Crippen LogP) is 6.56. The molecule has 0 saturated heterocycles. The summed E-state index contributed by atoms with van der Waals surface area (Å²) >= 11 is 0. The van der Waals surface area contributed by atoms with E-state index in [-0.39, 0.29) is 61.1 Å². The van der Waals surface area contributed by atoms with E-state index in [1.165, 1.54) is 39.2 Å². The van der Waals surface area contributed by atoms with Crippen LogP contribution >= 0.6 is 0 Å². The van der Waals surface area contributed by atoms with E-state index in [9.17, 15) is 27.6 Å². The lowest BCUT2D eigenvalue weighted by Crippen LogP contribution is -2.45. The lowest BCUT2D eigenvalue weighted by molar-refractivity contribution is -0.143. The number of nitrogens with zero attached hydrogens (tertiary/aromatic N) is 2. The number of carbonyl (C=O) groups is 1. The summed E-state index contributed by atoms with van der Waals surface area (Å²) in [5.41, 5.74) is -3.84. The van der Waals surface area contributed by atoms with Gasteiger partial charge in [-0.1, -0.05) is 55.5 Å². The summed E-state index contributed by atoms with van der Waals surface area (Å²) in [4.78, 5) is 40.2. The molecule has 0 spiro atoms. The smallest absolute Gasteiger partial charge is 0.416 e. The van der Waals surface area contributed by atoms with E-state index >= 15 is 8.78 Å². The number of aromatic nitrogens is 2. The number of alkyl halides is 3. The number of hydrogen-bond acceptors (Lipinski definition) is 6. The molecule has 2 aromatic carbocycles. The third-order valence-electron chi connectivity index (χ3n) is 8.19. The lowest BCUT2D eigenvalue weighted by atomic mass is 9.90. The molecule has 1 heterocycles. The molecule has 3 aromatic rings. The molecule has 1 unspecified atom stereocenters. The lowest BCUT2D eigenvalue weighted by Gasteiger charge is -2.26. The van der Waals surface area contributed by atoms with Crippen molar-refractivity contribution in [2.75, 3.05) is 20.3 Å². The number of ether oxygens (including phenoxy) is 2. The van der Waals surface area contributed by atoms with Crippen molar-refractivity contribution in [2.45, 2.75) is 65.3 Å². The van der Waals surface area contributed by atoms with Gasteiger partial charge >= 0.3 is 17.8 Å². The van der Waals surface area contributed by atoms with Crippen LogP contribution in [0.15, 0.2) is 81.2 Å². The molecule has 4 rings (SSSR count). The van der Waals surface area contributed by atoms with Gasteiger partial charge in [0.2, 0.25) is 0 Å². The van der Waals surface area contributed by atoms with Gasteiger partial charge < -0.3 is 14.8 Å². The van der Waals surface area contributed by atoms with Crippen molar-refractivity contribution in [1.29, 1.82) is 0 Å². The van der Waals surface area contributed by atoms with Crippen LogP contribution in [-0.4, -0.2) is 41.5 Å². The zero-order valence-electron chi connectivity index (χ0n) is 27.1. The highest BCUT2D eigenvalue weighted by atomic mass is 19.4. The zero-order valence-corrected chi connectivity index (χ0v) is 27.1. The Morgan fingerprint density at radius 1 is 1.06 bits per heavy atom. The van der Waals surface area contributed by atoms with Crippen LogP contribution in [0.4, 0.5) is 22.0 Å². The average molecular weight is 676 g/mol. The van der Waals surface area contributed by atoms with E-state index in [0.29, 0.717) is 12.0 Å². The fourth-order valence-electron chi connectivity index (χ4n) is 5.81. The maximum atomic E-state index is 15.7. The normalized spacial score (nSPS) is 15.7. The Kier molecular flexibility index (Phi) is 11.8. The minimum Gasteiger partial charge on any atom is -0.494 e. The first-order chi connectivity index (χ1) is 22.8. The Bertz CT molecular complexity index is 1810. The second-order valence-corrected chi connectivity index (χ2v) is 11.5.